The summed E-state index contributed by atoms with van der Waals surface area (Å²) in [4.78, 5) is 32.1. The van der Waals surface area contributed by atoms with E-state index >= 15 is 0 Å². The number of anilines is 1. The third-order valence-electron chi connectivity index (χ3n) is 4.17. The summed E-state index contributed by atoms with van der Waals surface area (Å²) in [6, 6.07) is 2.14. The number of carbonyl (C=O) groups excluding carboxylic acids is 2. The number of hydrogen-bond acceptors (Lipinski definition) is 7. The first-order chi connectivity index (χ1) is 13.6. The van der Waals surface area contributed by atoms with E-state index < -0.39 is 40.4 Å². The van der Waals surface area contributed by atoms with Gasteiger partial charge < -0.3 is 10.6 Å². The Balaban J connectivity index is 1.79. The second-order valence-electron chi connectivity index (χ2n) is 6.21. The van der Waals surface area contributed by atoms with E-state index in [0.29, 0.717) is 4.31 Å². The predicted octanol–water partition coefficient (Wildman–Crippen LogP) is 1.21. The van der Waals surface area contributed by atoms with E-state index in [2.05, 4.69) is 20.6 Å². The molecule has 0 saturated carbocycles. The molecule has 1 aliphatic rings. The van der Waals surface area contributed by atoms with Crippen LogP contribution in [0.3, 0.4) is 0 Å². The maximum atomic E-state index is 14.0. The molecule has 10 nitrogen and oxygen atoms in total. The van der Waals surface area contributed by atoms with Gasteiger partial charge in [-0.1, -0.05) is 0 Å². The maximum absolute atomic E-state index is 14.0. The van der Waals surface area contributed by atoms with Crippen LogP contribution in [0.2, 0.25) is 0 Å². The molecular weight excluding hydrogens is 403 g/mol. The van der Waals surface area contributed by atoms with Crippen LogP contribution in [-0.2, 0) is 14.8 Å². The summed E-state index contributed by atoms with van der Waals surface area (Å²) < 4.78 is 40.0. The van der Waals surface area contributed by atoms with Gasteiger partial charge >= 0.3 is 6.03 Å². The van der Waals surface area contributed by atoms with Crippen LogP contribution < -0.4 is 10.6 Å². The minimum Gasteiger partial charge on any atom is -0.346 e. The Morgan fingerprint density at radius 1 is 1.45 bits per heavy atom. The van der Waals surface area contributed by atoms with Gasteiger partial charge in [-0.2, -0.15) is 5.26 Å². The van der Waals surface area contributed by atoms with Crippen LogP contribution in [0.1, 0.15) is 29.9 Å². The molecule has 0 radical (unpaired) electrons. The zero-order valence-electron chi connectivity index (χ0n) is 15.3. The molecule has 3 heterocycles. The van der Waals surface area contributed by atoms with Crippen LogP contribution in [0.4, 0.5) is 14.9 Å². The molecule has 2 N–H and O–H groups in total. The molecule has 3 amide bonds. The number of aryl methyl sites for hydroxylation is 1. The fourth-order valence-corrected chi connectivity index (χ4v) is 4.44. The van der Waals surface area contributed by atoms with Gasteiger partial charge in [0.2, 0.25) is 5.91 Å². The zero-order valence-corrected chi connectivity index (χ0v) is 16.1. The van der Waals surface area contributed by atoms with Gasteiger partial charge in [-0.3, -0.25) is 14.8 Å². The van der Waals surface area contributed by atoms with E-state index in [0.717, 1.165) is 12.3 Å². The average Bonchev–Trinajstić information content (AvgIpc) is 2.64. The third-order valence-corrected chi connectivity index (χ3v) is 6.08. The molecular formula is C17H15FN6O4S. The van der Waals surface area contributed by atoms with Crippen molar-refractivity contribution in [2.45, 2.75) is 24.8 Å². The van der Waals surface area contributed by atoms with E-state index in [1.54, 1.807) is 6.07 Å². The molecule has 0 spiro atoms. The Bertz CT molecular complexity index is 1160. The summed E-state index contributed by atoms with van der Waals surface area (Å²) in [6.07, 6.45) is 2.50. The van der Waals surface area contributed by atoms with Gasteiger partial charge in [0.15, 0.2) is 0 Å². The number of nitrogens with one attached hydrogen (secondary N) is 2. The van der Waals surface area contributed by atoms with Crippen molar-refractivity contribution in [3.63, 3.8) is 0 Å². The number of nitriles is 1. The quantitative estimate of drug-likeness (QED) is 0.759. The van der Waals surface area contributed by atoms with Crippen molar-refractivity contribution in [2.75, 3.05) is 11.9 Å². The molecule has 1 aliphatic heterocycles. The highest BCUT2D eigenvalue weighted by Gasteiger charge is 2.39. The summed E-state index contributed by atoms with van der Waals surface area (Å²) in [5, 5.41) is 13.5. The number of aromatic nitrogens is 2. The fourth-order valence-electron chi connectivity index (χ4n) is 2.84. The molecule has 1 atom stereocenters. The van der Waals surface area contributed by atoms with Crippen LogP contribution in [0, 0.1) is 24.1 Å². The minimum atomic E-state index is -4.30. The van der Waals surface area contributed by atoms with Crippen molar-refractivity contribution in [1.29, 1.82) is 5.26 Å². The summed E-state index contributed by atoms with van der Waals surface area (Å²) >= 11 is 0. The van der Waals surface area contributed by atoms with Crippen molar-refractivity contribution >= 4 is 27.6 Å². The molecule has 0 aliphatic carbocycles. The molecule has 0 bridgehead atoms. The lowest BCUT2D eigenvalue weighted by molar-refractivity contribution is -0.121. The number of nitrogens with zero attached hydrogens (tertiary/aromatic N) is 4. The number of amides is 3. The van der Waals surface area contributed by atoms with Gasteiger partial charge in [-0.15, -0.1) is 0 Å². The molecule has 2 aromatic rings. The van der Waals surface area contributed by atoms with Gasteiger partial charge in [-0.05, 0) is 26.0 Å². The normalized spacial score (nSPS) is 15.7. The number of rotatable bonds is 4. The summed E-state index contributed by atoms with van der Waals surface area (Å²) in [7, 11) is -4.30. The average molecular weight is 418 g/mol. The van der Waals surface area contributed by atoms with Crippen molar-refractivity contribution in [3.8, 4) is 6.07 Å². The molecule has 0 unspecified atom stereocenters. The topological polar surface area (TPSA) is 145 Å². The smallest absolute Gasteiger partial charge is 0.336 e. The Kier molecular flexibility index (Phi) is 5.17. The van der Waals surface area contributed by atoms with E-state index in [9.17, 15) is 22.4 Å². The number of halogens is 1. The molecule has 150 valence electrons. The molecule has 12 heteroatoms. The van der Waals surface area contributed by atoms with Gasteiger partial charge in [0.1, 0.15) is 23.3 Å². The number of carbonyl (C=O) groups is 2. The lowest BCUT2D eigenvalue weighted by Gasteiger charge is -2.29. The van der Waals surface area contributed by atoms with Crippen molar-refractivity contribution in [2.24, 2.45) is 0 Å². The Hall–Kier alpha value is -3.59. The standard InChI is InChI=1S/C17H15FN6O4S/c1-9(15-12(18)5-11(6-19)7-21-15)22-14(25)8-24-17(26)23-13-3-4-20-10(2)16(13)29(24,27)28/h3-5,7,9H,8H2,1-2H3,(H,22,25)(H,23,26)/t9-/m0/s1. The first-order valence-corrected chi connectivity index (χ1v) is 9.73. The van der Waals surface area contributed by atoms with Crippen LogP contribution in [-0.4, -0.2) is 41.2 Å². The monoisotopic (exact) mass is 418 g/mol. The molecule has 3 rings (SSSR count). The summed E-state index contributed by atoms with van der Waals surface area (Å²) in [5.74, 6) is -1.64. The molecule has 29 heavy (non-hydrogen) atoms. The first kappa shape index (κ1) is 20.2. The SMILES string of the molecule is Cc1nccc2c1S(=O)(=O)N(CC(=O)N[C@@H](C)c1ncc(C#N)cc1F)C(=O)N2. The number of hydrogen-bond donors (Lipinski definition) is 2. The van der Waals surface area contributed by atoms with Gasteiger partial charge in [-0.25, -0.2) is 21.9 Å². The summed E-state index contributed by atoms with van der Waals surface area (Å²) in [6.45, 7) is 2.08. The lowest BCUT2D eigenvalue weighted by atomic mass is 10.1. The van der Waals surface area contributed by atoms with Crippen LogP contribution >= 0.6 is 0 Å². The van der Waals surface area contributed by atoms with Gasteiger partial charge in [0.25, 0.3) is 10.0 Å². The van der Waals surface area contributed by atoms with E-state index in [1.165, 1.54) is 26.1 Å². The van der Waals surface area contributed by atoms with E-state index in [-0.39, 0.29) is 27.5 Å². The number of sulfonamides is 1. The van der Waals surface area contributed by atoms with Crippen molar-refractivity contribution in [1.82, 2.24) is 19.6 Å². The van der Waals surface area contributed by atoms with Crippen LogP contribution in [0.25, 0.3) is 0 Å². The van der Waals surface area contributed by atoms with E-state index in [4.69, 9.17) is 5.26 Å². The first-order valence-electron chi connectivity index (χ1n) is 8.29. The Labute approximate surface area is 165 Å². The van der Waals surface area contributed by atoms with E-state index in [1.807, 2.05) is 0 Å². The summed E-state index contributed by atoms with van der Waals surface area (Å²) in [5.41, 5.74) is 0.138. The van der Waals surface area contributed by atoms with Crippen LogP contribution in [0.5, 0.6) is 0 Å². The third kappa shape index (κ3) is 3.72. The highest BCUT2D eigenvalue weighted by atomic mass is 32.2. The fraction of sp³-hybridized carbons (Fsp3) is 0.235. The second kappa shape index (κ2) is 7.44. The van der Waals surface area contributed by atoms with Crippen molar-refractivity contribution < 1.29 is 22.4 Å². The number of fused-ring (bicyclic) bond motifs is 1. The van der Waals surface area contributed by atoms with Gasteiger partial charge in [0.05, 0.1) is 28.7 Å². The minimum absolute atomic E-state index is 0.0171. The highest BCUT2D eigenvalue weighted by Crippen LogP contribution is 2.31. The van der Waals surface area contributed by atoms with Crippen molar-refractivity contribution in [3.05, 3.63) is 47.3 Å². The lowest BCUT2D eigenvalue weighted by Crippen LogP contribution is -2.49. The number of urea groups is 1. The molecule has 0 fully saturated rings. The maximum Gasteiger partial charge on any atom is 0.336 e. The largest absolute Gasteiger partial charge is 0.346 e. The highest BCUT2D eigenvalue weighted by molar-refractivity contribution is 7.90. The molecule has 2 aromatic heterocycles. The Morgan fingerprint density at radius 2 is 2.17 bits per heavy atom. The number of pyridine rings is 2. The van der Waals surface area contributed by atoms with Crippen LogP contribution in [0.15, 0.2) is 29.4 Å². The predicted molar refractivity (Wildman–Crippen MR) is 97.4 cm³/mol. The second-order valence-corrected chi connectivity index (χ2v) is 8.01. The van der Waals surface area contributed by atoms with Gasteiger partial charge in [0, 0.05) is 12.4 Å². The zero-order chi connectivity index (χ0) is 21.3. The molecule has 0 aromatic carbocycles. The molecule has 0 saturated heterocycles. The Morgan fingerprint density at radius 3 is 2.83 bits per heavy atom.